The Morgan fingerprint density at radius 1 is 1.18 bits per heavy atom. The Morgan fingerprint density at radius 2 is 1.89 bits per heavy atom. The molecule has 0 saturated carbocycles. The number of amides is 1. The Hall–Kier alpha value is -2.87. The molecule has 0 radical (unpaired) electrons. The minimum atomic E-state index is -0.429. The second-order valence-electron chi connectivity index (χ2n) is 6.26. The first-order valence-corrected chi connectivity index (χ1v) is 10.0. The van der Waals surface area contributed by atoms with Crippen molar-refractivity contribution in [2.75, 3.05) is 11.6 Å². The van der Waals surface area contributed by atoms with E-state index < -0.39 is 5.82 Å². The molecule has 0 spiro atoms. The summed E-state index contributed by atoms with van der Waals surface area (Å²) < 4.78 is 15.2. The molecule has 2 aromatic carbocycles. The van der Waals surface area contributed by atoms with Gasteiger partial charge >= 0.3 is 0 Å². The summed E-state index contributed by atoms with van der Waals surface area (Å²) in [7, 11) is 0. The first-order valence-electron chi connectivity index (χ1n) is 9.02. The number of rotatable bonds is 8. The summed E-state index contributed by atoms with van der Waals surface area (Å²) >= 11 is 1.16. The highest BCUT2D eigenvalue weighted by atomic mass is 32.2. The molecule has 1 heterocycles. The fraction of sp³-hybridized carbons (Fsp3) is 0.250. The molecule has 1 aromatic heterocycles. The van der Waals surface area contributed by atoms with Gasteiger partial charge in [0.1, 0.15) is 5.82 Å². The number of carbonyl (C=O) groups is 1. The number of hydrogen-bond acceptors (Lipinski definition) is 5. The van der Waals surface area contributed by atoms with E-state index in [-0.39, 0.29) is 29.1 Å². The molecule has 0 saturated heterocycles. The van der Waals surface area contributed by atoms with E-state index in [1.54, 1.807) is 18.2 Å². The van der Waals surface area contributed by atoms with Crippen LogP contribution in [0.25, 0.3) is 11.4 Å². The van der Waals surface area contributed by atoms with Crippen LogP contribution in [0.2, 0.25) is 0 Å². The number of hydrogen-bond donors (Lipinski definition) is 2. The molecule has 3 rings (SSSR count). The van der Waals surface area contributed by atoms with E-state index >= 15 is 0 Å². The SMILES string of the molecule is CCCC(NC(=O)CSc1nnc(-c2ccccc2F)n1N)c1ccccc1. The number of halogens is 1. The van der Waals surface area contributed by atoms with Gasteiger partial charge < -0.3 is 11.2 Å². The fourth-order valence-electron chi connectivity index (χ4n) is 2.86. The molecule has 1 amide bonds. The van der Waals surface area contributed by atoms with Crippen LogP contribution in [0.15, 0.2) is 59.8 Å². The second kappa shape index (κ2) is 9.36. The van der Waals surface area contributed by atoms with Gasteiger partial charge in [-0.1, -0.05) is 67.6 Å². The maximum Gasteiger partial charge on any atom is 0.230 e. The summed E-state index contributed by atoms with van der Waals surface area (Å²) in [6.45, 7) is 2.08. The fourth-order valence-corrected chi connectivity index (χ4v) is 3.53. The van der Waals surface area contributed by atoms with Crippen LogP contribution >= 0.6 is 11.8 Å². The van der Waals surface area contributed by atoms with Gasteiger partial charge in [-0.05, 0) is 24.1 Å². The van der Waals surface area contributed by atoms with Crippen molar-refractivity contribution in [3.63, 3.8) is 0 Å². The van der Waals surface area contributed by atoms with Gasteiger partial charge in [0, 0.05) is 0 Å². The van der Waals surface area contributed by atoms with E-state index in [0.717, 1.165) is 30.2 Å². The van der Waals surface area contributed by atoms with E-state index in [9.17, 15) is 9.18 Å². The van der Waals surface area contributed by atoms with Crippen molar-refractivity contribution < 1.29 is 9.18 Å². The van der Waals surface area contributed by atoms with Gasteiger partial charge in [0.05, 0.1) is 17.4 Å². The minimum Gasteiger partial charge on any atom is -0.349 e. The minimum absolute atomic E-state index is 0.0379. The molecule has 0 bridgehead atoms. The van der Waals surface area contributed by atoms with Crippen LogP contribution < -0.4 is 11.2 Å². The third kappa shape index (κ3) is 4.69. The molecule has 8 heteroatoms. The normalized spacial score (nSPS) is 11.9. The van der Waals surface area contributed by atoms with Crippen molar-refractivity contribution in [3.05, 3.63) is 66.0 Å². The summed E-state index contributed by atoms with van der Waals surface area (Å²) in [5.74, 6) is 5.81. The van der Waals surface area contributed by atoms with Gasteiger partial charge in [0.2, 0.25) is 11.1 Å². The molecule has 0 aliphatic heterocycles. The van der Waals surface area contributed by atoms with Crippen LogP contribution in [-0.2, 0) is 4.79 Å². The summed E-state index contributed by atoms with van der Waals surface area (Å²) in [5, 5.41) is 11.3. The molecule has 3 N–H and O–H groups in total. The molecule has 1 unspecified atom stereocenters. The van der Waals surface area contributed by atoms with Crippen LogP contribution in [0, 0.1) is 5.82 Å². The van der Waals surface area contributed by atoms with Crippen molar-refractivity contribution in [2.45, 2.75) is 31.0 Å². The monoisotopic (exact) mass is 399 g/mol. The molecule has 28 heavy (non-hydrogen) atoms. The number of benzene rings is 2. The molecule has 0 aliphatic rings. The average Bonchev–Trinajstić information content (AvgIpc) is 3.07. The maximum atomic E-state index is 13.9. The van der Waals surface area contributed by atoms with Crippen LogP contribution in [0.4, 0.5) is 4.39 Å². The largest absolute Gasteiger partial charge is 0.349 e. The lowest BCUT2D eigenvalue weighted by Gasteiger charge is -2.18. The van der Waals surface area contributed by atoms with Crippen LogP contribution in [-0.4, -0.2) is 26.5 Å². The van der Waals surface area contributed by atoms with Gasteiger partial charge in [-0.3, -0.25) is 4.79 Å². The van der Waals surface area contributed by atoms with Crippen molar-refractivity contribution in [1.82, 2.24) is 20.2 Å². The third-order valence-corrected chi connectivity index (χ3v) is 5.17. The Morgan fingerprint density at radius 3 is 2.61 bits per heavy atom. The maximum absolute atomic E-state index is 13.9. The van der Waals surface area contributed by atoms with Crippen molar-refractivity contribution >= 4 is 17.7 Å². The van der Waals surface area contributed by atoms with Crippen molar-refractivity contribution in [1.29, 1.82) is 0 Å². The number of nitrogen functional groups attached to an aromatic ring is 1. The lowest BCUT2D eigenvalue weighted by Crippen LogP contribution is -2.30. The van der Waals surface area contributed by atoms with Gasteiger partial charge in [0.25, 0.3) is 0 Å². The summed E-state index contributed by atoms with van der Waals surface area (Å²) in [5.41, 5.74) is 1.34. The Balaban J connectivity index is 1.64. The predicted molar refractivity (Wildman–Crippen MR) is 109 cm³/mol. The number of nitrogens with zero attached hydrogens (tertiary/aromatic N) is 3. The first kappa shape index (κ1) is 19.9. The molecule has 1 atom stereocenters. The third-order valence-electron chi connectivity index (χ3n) is 4.23. The lowest BCUT2D eigenvalue weighted by atomic mass is 10.0. The molecule has 6 nitrogen and oxygen atoms in total. The predicted octanol–water partition coefficient (Wildman–Crippen LogP) is 3.55. The highest BCUT2D eigenvalue weighted by Gasteiger charge is 2.18. The van der Waals surface area contributed by atoms with E-state index in [0.29, 0.717) is 5.16 Å². The van der Waals surface area contributed by atoms with Crippen LogP contribution in [0.1, 0.15) is 31.4 Å². The average molecular weight is 399 g/mol. The van der Waals surface area contributed by atoms with Gasteiger partial charge in [-0.25, -0.2) is 9.07 Å². The molecule has 146 valence electrons. The second-order valence-corrected chi connectivity index (χ2v) is 7.21. The van der Waals surface area contributed by atoms with Gasteiger partial charge in [-0.2, -0.15) is 0 Å². The zero-order valence-electron chi connectivity index (χ0n) is 15.5. The van der Waals surface area contributed by atoms with Crippen LogP contribution in [0.3, 0.4) is 0 Å². The zero-order valence-corrected chi connectivity index (χ0v) is 16.3. The Labute approximate surface area is 167 Å². The topological polar surface area (TPSA) is 85.8 Å². The summed E-state index contributed by atoms with van der Waals surface area (Å²) in [4.78, 5) is 12.4. The van der Waals surface area contributed by atoms with Crippen molar-refractivity contribution in [2.24, 2.45) is 0 Å². The molecule has 3 aromatic rings. The molecule has 0 fully saturated rings. The van der Waals surface area contributed by atoms with E-state index in [4.69, 9.17) is 5.84 Å². The standard InChI is InChI=1S/C20H22FN5OS/c1-2-8-17(14-9-4-3-5-10-14)23-18(27)13-28-20-25-24-19(26(20)22)15-11-6-7-12-16(15)21/h3-7,9-12,17H,2,8,13,22H2,1H3,(H,23,27). The van der Waals surface area contributed by atoms with Crippen molar-refractivity contribution in [3.8, 4) is 11.4 Å². The first-order chi connectivity index (χ1) is 13.6. The Kier molecular flexibility index (Phi) is 6.65. The Bertz CT molecular complexity index is 931. The highest BCUT2D eigenvalue weighted by molar-refractivity contribution is 7.99. The summed E-state index contributed by atoms with van der Waals surface area (Å²) in [6.07, 6.45) is 1.81. The molecular formula is C20H22FN5OS. The lowest BCUT2D eigenvalue weighted by molar-refractivity contribution is -0.119. The summed E-state index contributed by atoms with van der Waals surface area (Å²) in [6, 6.07) is 16.0. The van der Waals surface area contributed by atoms with Gasteiger partial charge in [0.15, 0.2) is 5.82 Å². The van der Waals surface area contributed by atoms with E-state index in [2.05, 4.69) is 22.4 Å². The molecule has 0 aliphatic carbocycles. The van der Waals surface area contributed by atoms with E-state index in [1.807, 2.05) is 30.3 Å². The smallest absolute Gasteiger partial charge is 0.230 e. The molecular weight excluding hydrogens is 377 g/mol. The zero-order chi connectivity index (χ0) is 19.9. The quantitative estimate of drug-likeness (QED) is 0.447. The van der Waals surface area contributed by atoms with Gasteiger partial charge in [-0.15, -0.1) is 10.2 Å². The number of nitrogens with two attached hydrogens (primary N) is 1. The highest BCUT2D eigenvalue weighted by Crippen LogP contribution is 2.24. The number of aromatic nitrogens is 3. The number of carbonyl (C=O) groups excluding carboxylic acids is 1. The number of thioether (sulfide) groups is 1. The van der Waals surface area contributed by atoms with Crippen LogP contribution in [0.5, 0.6) is 0 Å². The number of nitrogens with one attached hydrogen (secondary N) is 1. The van der Waals surface area contributed by atoms with E-state index in [1.165, 1.54) is 10.7 Å².